The first-order chi connectivity index (χ1) is 10.5. The molecule has 0 aliphatic heterocycles. The van der Waals surface area contributed by atoms with Crippen LogP contribution in [0.1, 0.15) is 24.5 Å². The molecule has 2 rings (SSSR count). The Morgan fingerprint density at radius 2 is 1.91 bits per heavy atom. The third kappa shape index (κ3) is 3.40. The van der Waals surface area contributed by atoms with Gasteiger partial charge in [0, 0.05) is 12.1 Å². The van der Waals surface area contributed by atoms with Crippen molar-refractivity contribution in [2.45, 2.75) is 18.9 Å². The van der Waals surface area contributed by atoms with Crippen molar-refractivity contribution in [1.29, 1.82) is 0 Å². The molecule has 1 unspecified atom stereocenters. The summed E-state index contributed by atoms with van der Waals surface area (Å²) in [7, 11) is 1.49. The molecule has 0 aromatic heterocycles. The van der Waals surface area contributed by atoms with E-state index in [2.05, 4.69) is 5.32 Å². The van der Waals surface area contributed by atoms with Gasteiger partial charge in [-0.25, -0.2) is 4.79 Å². The molecule has 2 aromatic rings. The number of amides is 1. The van der Waals surface area contributed by atoms with Crippen LogP contribution in [0.2, 0.25) is 5.02 Å². The summed E-state index contributed by atoms with van der Waals surface area (Å²) in [6.45, 7) is 1.90. The van der Waals surface area contributed by atoms with Crippen LogP contribution >= 0.6 is 11.6 Å². The van der Waals surface area contributed by atoms with E-state index in [9.17, 15) is 9.90 Å². The van der Waals surface area contributed by atoms with E-state index in [1.54, 1.807) is 42.5 Å². The van der Waals surface area contributed by atoms with Crippen LogP contribution in [0.5, 0.6) is 5.75 Å². The zero-order valence-corrected chi connectivity index (χ0v) is 13.2. The van der Waals surface area contributed by atoms with Gasteiger partial charge in [-0.3, -0.25) is 0 Å². The molecular formula is C17H18ClNO3. The smallest absolute Gasteiger partial charge is 0.410 e. The molecule has 0 saturated carbocycles. The third-order valence-electron chi connectivity index (χ3n) is 3.56. The zero-order chi connectivity index (χ0) is 16.2. The Morgan fingerprint density at radius 1 is 1.23 bits per heavy atom. The summed E-state index contributed by atoms with van der Waals surface area (Å²) in [5.74, 6) is 0.410. The van der Waals surface area contributed by atoms with Gasteiger partial charge in [0.15, 0.2) is 0 Å². The molecule has 0 spiro atoms. The lowest BCUT2D eigenvalue weighted by Crippen LogP contribution is -2.26. The minimum Gasteiger partial charge on any atom is -0.410 e. The van der Waals surface area contributed by atoms with E-state index < -0.39 is 11.7 Å². The Bertz CT molecular complexity index is 657. The first-order valence-electron chi connectivity index (χ1n) is 6.98. The summed E-state index contributed by atoms with van der Waals surface area (Å²) >= 11 is 6.02. The van der Waals surface area contributed by atoms with Crippen molar-refractivity contribution in [2.24, 2.45) is 0 Å². The second kappa shape index (κ2) is 6.81. The molecule has 1 atom stereocenters. The van der Waals surface area contributed by atoms with Crippen LogP contribution in [0.4, 0.5) is 4.79 Å². The Morgan fingerprint density at radius 3 is 2.45 bits per heavy atom. The Hall–Kier alpha value is -2.04. The quantitative estimate of drug-likeness (QED) is 0.903. The highest BCUT2D eigenvalue weighted by Crippen LogP contribution is 2.34. The number of carbonyl (C=O) groups is 1. The molecule has 1 amide bonds. The number of nitrogens with one attached hydrogen (secondary N) is 1. The van der Waals surface area contributed by atoms with E-state index in [0.717, 1.165) is 5.56 Å². The summed E-state index contributed by atoms with van der Waals surface area (Å²) in [4.78, 5) is 11.2. The third-order valence-corrected chi connectivity index (χ3v) is 3.80. The number of hydrogen-bond donors (Lipinski definition) is 2. The molecule has 0 saturated heterocycles. The van der Waals surface area contributed by atoms with Gasteiger partial charge in [0.25, 0.3) is 0 Å². The highest BCUT2D eigenvalue weighted by molar-refractivity contribution is 6.30. The van der Waals surface area contributed by atoms with Crippen molar-refractivity contribution in [1.82, 2.24) is 5.32 Å². The van der Waals surface area contributed by atoms with Crippen LogP contribution in [0, 0.1) is 0 Å². The van der Waals surface area contributed by atoms with Crippen molar-refractivity contribution in [3.8, 4) is 5.75 Å². The fourth-order valence-corrected chi connectivity index (χ4v) is 2.47. The summed E-state index contributed by atoms with van der Waals surface area (Å²) < 4.78 is 5.04. The minimum absolute atomic E-state index is 0.410. The Kier molecular flexibility index (Phi) is 5.06. The van der Waals surface area contributed by atoms with E-state index in [-0.39, 0.29) is 0 Å². The van der Waals surface area contributed by atoms with E-state index in [0.29, 0.717) is 22.8 Å². The zero-order valence-electron chi connectivity index (χ0n) is 12.5. The molecule has 2 N–H and O–H groups in total. The highest BCUT2D eigenvalue weighted by atomic mass is 35.5. The maximum absolute atomic E-state index is 11.2. The first-order valence-corrected chi connectivity index (χ1v) is 7.36. The average molecular weight is 320 g/mol. The molecule has 0 aliphatic carbocycles. The SMILES string of the molecule is CCC(O)(c1ccc(OC(=O)NC)cc1)c1cccc(Cl)c1. The van der Waals surface area contributed by atoms with Gasteiger partial charge >= 0.3 is 6.09 Å². The average Bonchev–Trinajstić information content (AvgIpc) is 2.54. The molecule has 0 heterocycles. The molecule has 116 valence electrons. The predicted octanol–water partition coefficient (Wildman–Crippen LogP) is 3.70. The number of benzene rings is 2. The van der Waals surface area contributed by atoms with Gasteiger partial charge in [-0.2, -0.15) is 0 Å². The number of ether oxygens (including phenoxy) is 1. The van der Waals surface area contributed by atoms with Gasteiger partial charge in [0.1, 0.15) is 11.4 Å². The Balaban J connectivity index is 2.33. The predicted molar refractivity (Wildman–Crippen MR) is 86.3 cm³/mol. The summed E-state index contributed by atoms with van der Waals surface area (Å²) in [6.07, 6.45) is -0.0449. The second-order valence-electron chi connectivity index (χ2n) is 4.89. The van der Waals surface area contributed by atoms with Gasteiger partial charge in [0.05, 0.1) is 0 Å². The van der Waals surface area contributed by atoms with Crippen LogP contribution < -0.4 is 10.1 Å². The Labute approximate surface area is 134 Å². The maximum atomic E-state index is 11.2. The summed E-state index contributed by atoms with van der Waals surface area (Å²) in [5.41, 5.74) is 0.292. The molecule has 2 aromatic carbocycles. The lowest BCUT2D eigenvalue weighted by molar-refractivity contribution is 0.0765. The topological polar surface area (TPSA) is 58.6 Å². The molecule has 22 heavy (non-hydrogen) atoms. The largest absolute Gasteiger partial charge is 0.412 e. The van der Waals surface area contributed by atoms with Crippen LogP contribution in [0.15, 0.2) is 48.5 Å². The number of halogens is 1. The molecule has 0 fully saturated rings. The van der Waals surface area contributed by atoms with Gasteiger partial charge in [-0.15, -0.1) is 0 Å². The highest BCUT2D eigenvalue weighted by Gasteiger charge is 2.29. The van der Waals surface area contributed by atoms with E-state index in [4.69, 9.17) is 16.3 Å². The van der Waals surface area contributed by atoms with Gasteiger partial charge in [0.2, 0.25) is 0 Å². The standard InChI is InChI=1S/C17H18ClNO3/c1-3-17(21,13-5-4-6-14(18)11-13)12-7-9-15(10-8-12)22-16(20)19-2/h4-11,21H,3H2,1-2H3,(H,19,20). The van der Waals surface area contributed by atoms with Crippen molar-refractivity contribution in [3.63, 3.8) is 0 Å². The van der Waals surface area contributed by atoms with Crippen molar-refractivity contribution in [2.75, 3.05) is 7.05 Å². The molecule has 0 aliphatic rings. The maximum Gasteiger partial charge on any atom is 0.412 e. The van der Waals surface area contributed by atoms with Crippen LogP contribution in [-0.4, -0.2) is 18.2 Å². The van der Waals surface area contributed by atoms with Gasteiger partial charge in [-0.05, 0) is 41.8 Å². The van der Waals surface area contributed by atoms with Gasteiger partial charge < -0.3 is 15.2 Å². The normalized spacial score (nSPS) is 13.3. The molecule has 5 heteroatoms. The molecule has 4 nitrogen and oxygen atoms in total. The van der Waals surface area contributed by atoms with E-state index in [1.165, 1.54) is 7.05 Å². The van der Waals surface area contributed by atoms with Crippen molar-refractivity contribution < 1.29 is 14.6 Å². The first kappa shape index (κ1) is 16.3. The number of hydrogen-bond acceptors (Lipinski definition) is 3. The molecular weight excluding hydrogens is 302 g/mol. The van der Waals surface area contributed by atoms with Gasteiger partial charge in [-0.1, -0.05) is 42.8 Å². The summed E-state index contributed by atoms with van der Waals surface area (Å²) in [6, 6.07) is 13.9. The van der Waals surface area contributed by atoms with Crippen LogP contribution in [0.25, 0.3) is 0 Å². The van der Waals surface area contributed by atoms with Crippen LogP contribution in [-0.2, 0) is 5.60 Å². The monoisotopic (exact) mass is 319 g/mol. The van der Waals surface area contributed by atoms with Crippen molar-refractivity contribution in [3.05, 3.63) is 64.7 Å². The fraction of sp³-hybridized carbons (Fsp3) is 0.235. The number of rotatable bonds is 4. The lowest BCUT2D eigenvalue weighted by atomic mass is 9.84. The number of carbonyl (C=O) groups excluding carboxylic acids is 1. The minimum atomic E-state index is -1.14. The second-order valence-corrected chi connectivity index (χ2v) is 5.32. The van der Waals surface area contributed by atoms with Crippen molar-refractivity contribution >= 4 is 17.7 Å². The molecule has 0 radical (unpaired) electrons. The lowest BCUT2D eigenvalue weighted by Gasteiger charge is -2.28. The summed E-state index contributed by atoms with van der Waals surface area (Å²) in [5, 5.41) is 14.0. The number of aliphatic hydroxyl groups is 1. The van der Waals surface area contributed by atoms with E-state index in [1.807, 2.05) is 13.0 Å². The van der Waals surface area contributed by atoms with E-state index >= 15 is 0 Å². The van der Waals surface area contributed by atoms with Crippen LogP contribution in [0.3, 0.4) is 0 Å². The molecule has 0 bridgehead atoms. The fourth-order valence-electron chi connectivity index (χ4n) is 2.28.